The van der Waals surface area contributed by atoms with E-state index in [0.717, 1.165) is 32.6 Å². The van der Waals surface area contributed by atoms with Crippen molar-refractivity contribution >= 4 is 11.9 Å². The predicted octanol–water partition coefficient (Wildman–Crippen LogP) is 1.04. The quantitative estimate of drug-likeness (QED) is 0.831. The van der Waals surface area contributed by atoms with Gasteiger partial charge in [0.25, 0.3) is 0 Å². The fourth-order valence-corrected chi connectivity index (χ4v) is 3.35. The van der Waals surface area contributed by atoms with Crippen LogP contribution in [0.3, 0.4) is 0 Å². The van der Waals surface area contributed by atoms with Crippen LogP contribution in [-0.2, 0) is 9.59 Å². The van der Waals surface area contributed by atoms with Crippen LogP contribution in [0.2, 0.25) is 0 Å². The van der Waals surface area contributed by atoms with Gasteiger partial charge in [-0.05, 0) is 32.7 Å². The molecule has 1 heterocycles. The van der Waals surface area contributed by atoms with Crippen molar-refractivity contribution < 1.29 is 14.7 Å². The molecule has 1 saturated heterocycles. The molecular formula is C14H24N2O3. The molecule has 1 aliphatic carbocycles. The van der Waals surface area contributed by atoms with Crippen LogP contribution >= 0.6 is 0 Å². The number of amides is 1. The molecule has 2 fully saturated rings. The molecule has 108 valence electrons. The molecule has 1 saturated carbocycles. The summed E-state index contributed by atoms with van der Waals surface area (Å²) in [6.07, 6.45) is 1.91. The molecule has 0 spiro atoms. The molecule has 5 heteroatoms. The van der Waals surface area contributed by atoms with E-state index in [1.54, 1.807) is 0 Å². The summed E-state index contributed by atoms with van der Waals surface area (Å²) >= 11 is 0. The number of carbonyl (C=O) groups excluding carboxylic acids is 1. The van der Waals surface area contributed by atoms with Crippen molar-refractivity contribution in [2.24, 2.45) is 11.8 Å². The zero-order valence-corrected chi connectivity index (χ0v) is 11.8. The maximum Gasteiger partial charge on any atom is 0.306 e. The molecule has 1 amide bonds. The minimum Gasteiger partial charge on any atom is -0.481 e. The summed E-state index contributed by atoms with van der Waals surface area (Å²) in [5, 5.41) is 9.00. The topological polar surface area (TPSA) is 60.9 Å². The zero-order chi connectivity index (χ0) is 14.0. The van der Waals surface area contributed by atoms with E-state index >= 15 is 0 Å². The number of carboxylic acid groups (broad SMARTS) is 1. The van der Waals surface area contributed by atoms with Crippen LogP contribution in [0.1, 0.15) is 33.1 Å². The highest BCUT2D eigenvalue weighted by molar-refractivity contribution is 5.81. The van der Waals surface area contributed by atoms with Crippen LogP contribution in [0.25, 0.3) is 0 Å². The first-order valence-electron chi connectivity index (χ1n) is 7.28. The molecule has 2 rings (SSSR count). The van der Waals surface area contributed by atoms with E-state index in [1.807, 2.05) is 4.90 Å². The number of aliphatic carboxylic acids is 1. The third-order valence-corrected chi connectivity index (χ3v) is 4.61. The maximum atomic E-state index is 12.4. The van der Waals surface area contributed by atoms with Crippen LogP contribution in [0.5, 0.6) is 0 Å². The molecule has 0 bridgehead atoms. The third kappa shape index (κ3) is 3.08. The SMILES string of the molecule is CCN1CCN(C(=O)C2CCC(C(=O)O)C2)CC1C. The number of likely N-dealkylation sites (N-methyl/N-ethyl adjacent to an activating group) is 1. The summed E-state index contributed by atoms with van der Waals surface area (Å²) in [6.45, 7) is 7.80. The average molecular weight is 268 g/mol. The standard InChI is InChI=1S/C14H24N2O3/c1-3-15-6-7-16(9-10(15)2)13(17)11-4-5-12(8-11)14(18)19/h10-12H,3-9H2,1-2H3,(H,18,19). The van der Waals surface area contributed by atoms with E-state index in [2.05, 4.69) is 18.7 Å². The van der Waals surface area contributed by atoms with Crippen LogP contribution in [0.15, 0.2) is 0 Å². The molecule has 1 aliphatic heterocycles. The Morgan fingerprint density at radius 3 is 2.42 bits per heavy atom. The third-order valence-electron chi connectivity index (χ3n) is 4.61. The van der Waals surface area contributed by atoms with Crippen molar-refractivity contribution in [1.29, 1.82) is 0 Å². The molecule has 0 aromatic rings. The van der Waals surface area contributed by atoms with Gasteiger partial charge in [0.15, 0.2) is 0 Å². The minimum atomic E-state index is -0.750. The first kappa shape index (κ1) is 14.3. The lowest BCUT2D eigenvalue weighted by Crippen LogP contribution is -2.54. The Hall–Kier alpha value is -1.10. The molecular weight excluding hydrogens is 244 g/mol. The smallest absolute Gasteiger partial charge is 0.306 e. The van der Waals surface area contributed by atoms with E-state index in [1.165, 1.54) is 0 Å². The molecule has 3 unspecified atom stereocenters. The van der Waals surface area contributed by atoms with Crippen molar-refractivity contribution in [2.75, 3.05) is 26.2 Å². The van der Waals surface area contributed by atoms with Gasteiger partial charge in [0.05, 0.1) is 5.92 Å². The Morgan fingerprint density at radius 2 is 1.89 bits per heavy atom. The maximum absolute atomic E-state index is 12.4. The molecule has 1 N–H and O–H groups in total. The van der Waals surface area contributed by atoms with Crippen molar-refractivity contribution in [1.82, 2.24) is 9.80 Å². The Labute approximate surface area is 114 Å². The summed E-state index contributed by atoms with van der Waals surface area (Å²) in [5.74, 6) is -0.962. The molecule has 0 aromatic heterocycles. The molecule has 19 heavy (non-hydrogen) atoms. The summed E-state index contributed by atoms with van der Waals surface area (Å²) in [6, 6.07) is 0.402. The van der Waals surface area contributed by atoms with Crippen LogP contribution < -0.4 is 0 Å². The van der Waals surface area contributed by atoms with Gasteiger partial charge in [-0.3, -0.25) is 14.5 Å². The Balaban J connectivity index is 1.89. The first-order valence-corrected chi connectivity index (χ1v) is 7.28. The Morgan fingerprint density at radius 1 is 1.21 bits per heavy atom. The van der Waals surface area contributed by atoms with Gasteiger partial charge < -0.3 is 10.0 Å². The largest absolute Gasteiger partial charge is 0.481 e. The molecule has 0 radical (unpaired) electrons. The highest BCUT2D eigenvalue weighted by Gasteiger charge is 2.37. The van der Waals surface area contributed by atoms with E-state index in [0.29, 0.717) is 18.9 Å². The number of hydrogen-bond acceptors (Lipinski definition) is 3. The van der Waals surface area contributed by atoms with Gasteiger partial charge in [-0.15, -0.1) is 0 Å². The number of carboxylic acids is 1. The number of hydrogen-bond donors (Lipinski definition) is 1. The summed E-state index contributed by atoms with van der Waals surface area (Å²) < 4.78 is 0. The summed E-state index contributed by atoms with van der Waals surface area (Å²) in [7, 11) is 0. The minimum absolute atomic E-state index is 0.0681. The highest BCUT2D eigenvalue weighted by Crippen LogP contribution is 2.32. The Bertz CT molecular complexity index is 359. The second kappa shape index (κ2) is 5.90. The van der Waals surface area contributed by atoms with Gasteiger partial charge in [-0.1, -0.05) is 6.92 Å². The average Bonchev–Trinajstić information content (AvgIpc) is 2.87. The normalized spacial score (nSPS) is 32.5. The summed E-state index contributed by atoms with van der Waals surface area (Å²) in [5.41, 5.74) is 0. The number of piperazine rings is 1. The Kier molecular flexibility index (Phi) is 4.45. The van der Waals surface area contributed by atoms with Gasteiger partial charge in [0.2, 0.25) is 5.91 Å². The molecule has 5 nitrogen and oxygen atoms in total. The fraction of sp³-hybridized carbons (Fsp3) is 0.857. The van der Waals surface area contributed by atoms with Crippen LogP contribution in [0, 0.1) is 11.8 Å². The van der Waals surface area contributed by atoms with E-state index in [-0.39, 0.29) is 17.7 Å². The molecule has 2 aliphatic rings. The van der Waals surface area contributed by atoms with E-state index in [9.17, 15) is 9.59 Å². The van der Waals surface area contributed by atoms with Gasteiger partial charge in [-0.25, -0.2) is 0 Å². The fourth-order valence-electron chi connectivity index (χ4n) is 3.35. The lowest BCUT2D eigenvalue weighted by atomic mass is 10.0. The van der Waals surface area contributed by atoms with Gasteiger partial charge in [0, 0.05) is 31.6 Å². The number of rotatable bonds is 3. The molecule has 3 atom stereocenters. The van der Waals surface area contributed by atoms with Gasteiger partial charge in [-0.2, -0.15) is 0 Å². The van der Waals surface area contributed by atoms with Crippen molar-refractivity contribution in [3.05, 3.63) is 0 Å². The van der Waals surface area contributed by atoms with Crippen molar-refractivity contribution in [3.63, 3.8) is 0 Å². The van der Waals surface area contributed by atoms with Crippen LogP contribution in [0.4, 0.5) is 0 Å². The van der Waals surface area contributed by atoms with Gasteiger partial charge >= 0.3 is 5.97 Å². The van der Waals surface area contributed by atoms with E-state index in [4.69, 9.17) is 5.11 Å². The second-order valence-corrected chi connectivity index (χ2v) is 5.81. The van der Waals surface area contributed by atoms with Gasteiger partial charge in [0.1, 0.15) is 0 Å². The number of nitrogens with zero attached hydrogens (tertiary/aromatic N) is 2. The van der Waals surface area contributed by atoms with E-state index < -0.39 is 5.97 Å². The zero-order valence-electron chi connectivity index (χ0n) is 11.8. The van der Waals surface area contributed by atoms with Crippen molar-refractivity contribution in [2.45, 2.75) is 39.2 Å². The monoisotopic (exact) mass is 268 g/mol. The number of carbonyl (C=O) groups is 2. The molecule has 0 aromatic carbocycles. The van der Waals surface area contributed by atoms with Crippen molar-refractivity contribution in [3.8, 4) is 0 Å². The lowest BCUT2D eigenvalue weighted by Gasteiger charge is -2.40. The second-order valence-electron chi connectivity index (χ2n) is 5.81. The lowest BCUT2D eigenvalue weighted by molar-refractivity contribution is -0.142. The predicted molar refractivity (Wildman–Crippen MR) is 71.8 cm³/mol. The first-order chi connectivity index (χ1) is 9.02. The van der Waals surface area contributed by atoms with Crippen LogP contribution in [-0.4, -0.2) is 59.0 Å². The summed E-state index contributed by atoms with van der Waals surface area (Å²) in [4.78, 5) is 27.7. The highest BCUT2D eigenvalue weighted by atomic mass is 16.4.